The first-order valence-electron chi connectivity index (χ1n) is 13.0. The van der Waals surface area contributed by atoms with Crippen LogP contribution in [0.25, 0.3) is 0 Å². The van der Waals surface area contributed by atoms with Gasteiger partial charge in [-0.2, -0.15) is 0 Å². The van der Waals surface area contributed by atoms with Crippen molar-refractivity contribution in [3.8, 4) is 0 Å². The molecular weight excluding hydrogens is 474 g/mol. The molecular formula is C28H43N3O6. The van der Waals surface area contributed by atoms with Crippen LogP contribution in [-0.2, 0) is 24.5 Å². The van der Waals surface area contributed by atoms with Gasteiger partial charge >= 0.3 is 12.1 Å². The van der Waals surface area contributed by atoms with E-state index in [-0.39, 0.29) is 17.7 Å². The molecule has 1 heterocycles. The largest absolute Gasteiger partial charge is 0.480 e. The van der Waals surface area contributed by atoms with E-state index in [1.807, 2.05) is 65.0 Å². The molecule has 37 heavy (non-hydrogen) atoms. The van der Waals surface area contributed by atoms with Crippen LogP contribution >= 0.6 is 0 Å². The maximum atomic E-state index is 13.9. The van der Waals surface area contributed by atoms with Crippen LogP contribution in [0.2, 0.25) is 0 Å². The number of carbonyl (C=O) groups is 4. The number of rotatable bonds is 9. The van der Waals surface area contributed by atoms with E-state index in [4.69, 9.17) is 4.74 Å². The molecule has 2 atom stereocenters. The summed E-state index contributed by atoms with van der Waals surface area (Å²) in [5, 5.41) is 15.1. The van der Waals surface area contributed by atoms with Crippen molar-refractivity contribution in [2.45, 2.75) is 90.8 Å². The molecule has 0 aliphatic carbocycles. The summed E-state index contributed by atoms with van der Waals surface area (Å²) in [6, 6.07) is 7.43. The van der Waals surface area contributed by atoms with Gasteiger partial charge in [0.2, 0.25) is 11.8 Å². The molecule has 1 aliphatic rings. The van der Waals surface area contributed by atoms with E-state index in [0.29, 0.717) is 32.4 Å². The Balaban J connectivity index is 2.30. The summed E-state index contributed by atoms with van der Waals surface area (Å²) >= 11 is 0. The highest BCUT2D eigenvalue weighted by atomic mass is 16.6. The van der Waals surface area contributed by atoms with E-state index < -0.39 is 41.1 Å². The molecule has 1 aromatic rings. The first-order chi connectivity index (χ1) is 17.2. The summed E-state index contributed by atoms with van der Waals surface area (Å²) in [4.78, 5) is 53.0. The van der Waals surface area contributed by atoms with Gasteiger partial charge in [0.25, 0.3) is 0 Å². The number of carbonyl (C=O) groups excluding carboxylic acids is 3. The first kappa shape index (κ1) is 30.1. The van der Waals surface area contributed by atoms with Gasteiger partial charge in [-0.25, -0.2) is 9.59 Å². The van der Waals surface area contributed by atoms with E-state index in [1.165, 1.54) is 0 Å². The number of nitrogens with one attached hydrogen (secondary N) is 2. The van der Waals surface area contributed by atoms with Crippen LogP contribution in [0, 0.1) is 11.8 Å². The third kappa shape index (κ3) is 8.20. The highest BCUT2D eigenvalue weighted by molar-refractivity contribution is 5.94. The van der Waals surface area contributed by atoms with Crippen molar-refractivity contribution in [3.05, 3.63) is 35.9 Å². The molecule has 3 N–H and O–H groups in total. The molecule has 3 amide bonds. The zero-order valence-electron chi connectivity index (χ0n) is 23.2. The molecule has 0 saturated carbocycles. The average molecular weight is 518 g/mol. The molecule has 0 aromatic heterocycles. The van der Waals surface area contributed by atoms with E-state index in [0.717, 1.165) is 5.56 Å². The summed E-state index contributed by atoms with van der Waals surface area (Å²) in [5.41, 5.74) is -0.756. The normalized spacial score (nSPS) is 17.2. The zero-order valence-corrected chi connectivity index (χ0v) is 23.2. The number of ether oxygens (including phenoxy) is 1. The molecule has 0 bridgehead atoms. The van der Waals surface area contributed by atoms with E-state index in [1.54, 1.807) is 18.7 Å². The highest BCUT2D eigenvalue weighted by Crippen LogP contribution is 2.36. The van der Waals surface area contributed by atoms with Crippen LogP contribution in [0.4, 0.5) is 4.79 Å². The summed E-state index contributed by atoms with van der Waals surface area (Å²) in [6.45, 7) is 13.4. The van der Waals surface area contributed by atoms with E-state index >= 15 is 0 Å². The molecule has 2 rings (SSSR count). The number of nitrogens with zero attached hydrogens (tertiary/aromatic N) is 1. The molecule has 9 heteroatoms. The highest BCUT2D eigenvalue weighted by Gasteiger charge is 2.45. The van der Waals surface area contributed by atoms with Gasteiger partial charge in [-0.1, -0.05) is 58.0 Å². The second kappa shape index (κ2) is 12.4. The minimum Gasteiger partial charge on any atom is -0.480 e. The number of hydrogen-bond acceptors (Lipinski definition) is 5. The van der Waals surface area contributed by atoms with Gasteiger partial charge < -0.3 is 25.4 Å². The molecule has 1 fully saturated rings. The SMILES string of the molecule is CC(C)CC(NC(=O)C1(c2ccccc2)CCN(C(=O)OC(C)(C)C)CC1)C(=O)NC(C(=O)O)C(C)C. The third-order valence-corrected chi connectivity index (χ3v) is 6.59. The predicted molar refractivity (Wildman–Crippen MR) is 141 cm³/mol. The predicted octanol–water partition coefficient (Wildman–Crippen LogP) is 3.71. The van der Waals surface area contributed by atoms with Gasteiger partial charge in [-0.15, -0.1) is 0 Å². The average Bonchev–Trinajstić information content (AvgIpc) is 2.80. The minimum absolute atomic E-state index is 0.0834. The van der Waals surface area contributed by atoms with Crippen LogP contribution in [0.3, 0.4) is 0 Å². The summed E-state index contributed by atoms with van der Waals surface area (Å²) in [6.07, 6.45) is 0.667. The Morgan fingerprint density at radius 2 is 1.57 bits per heavy atom. The van der Waals surface area contributed by atoms with Gasteiger partial charge in [-0.3, -0.25) is 9.59 Å². The second-order valence-electron chi connectivity index (χ2n) is 11.6. The van der Waals surface area contributed by atoms with Crippen molar-refractivity contribution in [3.63, 3.8) is 0 Å². The zero-order chi connectivity index (χ0) is 28.0. The Labute approximate surface area is 220 Å². The molecule has 1 aromatic carbocycles. The summed E-state index contributed by atoms with van der Waals surface area (Å²) < 4.78 is 5.51. The standard InChI is InChI=1S/C28H43N3O6/c1-18(2)17-21(23(32)30-22(19(3)4)24(33)34)29-25(35)28(20-11-9-8-10-12-20)13-15-31(16-14-28)26(36)37-27(5,6)7/h8-12,18-19,21-22H,13-17H2,1-7H3,(H,29,35)(H,30,32)(H,33,34). The Morgan fingerprint density at radius 1 is 1.00 bits per heavy atom. The van der Waals surface area contributed by atoms with Gasteiger partial charge in [0, 0.05) is 13.1 Å². The summed E-state index contributed by atoms with van der Waals surface area (Å²) in [7, 11) is 0. The van der Waals surface area contributed by atoms with Crippen molar-refractivity contribution in [2.24, 2.45) is 11.8 Å². The quantitative estimate of drug-likeness (QED) is 0.459. The number of likely N-dealkylation sites (tertiary alicyclic amines) is 1. The van der Waals surface area contributed by atoms with Gasteiger partial charge in [-0.05, 0) is 57.4 Å². The number of piperidine rings is 1. The lowest BCUT2D eigenvalue weighted by Gasteiger charge is -2.42. The summed E-state index contributed by atoms with van der Waals surface area (Å²) in [5.74, 6) is -2.17. The molecule has 206 valence electrons. The lowest BCUT2D eigenvalue weighted by Crippen LogP contribution is -2.59. The van der Waals surface area contributed by atoms with Crippen molar-refractivity contribution < 1.29 is 29.0 Å². The number of amides is 3. The topological polar surface area (TPSA) is 125 Å². The monoisotopic (exact) mass is 517 g/mol. The van der Waals surface area contributed by atoms with E-state index in [2.05, 4.69) is 10.6 Å². The Morgan fingerprint density at radius 3 is 2.03 bits per heavy atom. The second-order valence-corrected chi connectivity index (χ2v) is 11.6. The molecule has 1 saturated heterocycles. The maximum absolute atomic E-state index is 13.9. The third-order valence-electron chi connectivity index (χ3n) is 6.59. The molecule has 0 spiro atoms. The number of benzene rings is 1. The molecule has 1 aliphatic heterocycles. The van der Waals surface area contributed by atoms with Crippen molar-refractivity contribution >= 4 is 23.9 Å². The fourth-order valence-electron chi connectivity index (χ4n) is 4.57. The van der Waals surface area contributed by atoms with Crippen LogP contribution in [0.15, 0.2) is 30.3 Å². The van der Waals surface area contributed by atoms with Crippen molar-refractivity contribution in [1.82, 2.24) is 15.5 Å². The van der Waals surface area contributed by atoms with Crippen LogP contribution in [0.1, 0.15) is 73.3 Å². The van der Waals surface area contributed by atoms with Crippen LogP contribution in [-0.4, -0.2) is 64.7 Å². The Kier molecular flexibility index (Phi) is 10.1. The first-order valence-corrected chi connectivity index (χ1v) is 13.0. The number of hydrogen-bond donors (Lipinski definition) is 3. The molecule has 9 nitrogen and oxygen atoms in total. The molecule has 2 unspecified atom stereocenters. The van der Waals surface area contributed by atoms with Crippen LogP contribution < -0.4 is 10.6 Å². The fourth-order valence-corrected chi connectivity index (χ4v) is 4.57. The van der Waals surface area contributed by atoms with Crippen molar-refractivity contribution in [1.29, 1.82) is 0 Å². The number of carboxylic acids is 1. The van der Waals surface area contributed by atoms with Gasteiger partial charge in [0.15, 0.2) is 0 Å². The molecule has 0 radical (unpaired) electrons. The number of aliphatic carboxylic acids is 1. The Bertz CT molecular complexity index is 946. The smallest absolute Gasteiger partial charge is 0.410 e. The maximum Gasteiger partial charge on any atom is 0.410 e. The van der Waals surface area contributed by atoms with E-state index in [9.17, 15) is 24.3 Å². The lowest BCUT2D eigenvalue weighted by atomic mass is 9.71. The lowest BCUT2D eigenvalue weighted by molar-refractivity contribution is -0.143. The minimum atomic E-state index is -1.12. The van der Waals surface area contributed by atoms with Gasteiger partial charge in [0.1, 0.15) is 17.7 Å². The number of carboxylic acid groups (broad SMARTS) is 1. The van der Waals surface area contributed by atoms with Crippen LogP contribution in [0.5, 0.6) is 0 Å². The van der Waals surface area contributed by atoms with Gasteiger partial charge in [0.05, 0.1) is 5.41 Å². The fraction of sp³-hybridized carbons (Fsp3) is 0.643. The Hall–Kier alpha value is -3.10. The van der Waals surface area contributed by atoms with Crippen molar-refractivity contribution in [2.75, 3.05) is 13.1 Å².